The highest BCUT2D eigenvalue weighted by atomic mass is 35.5. The van der Waals surface area contributed by atoms with E-state index in [0.29, 0.717) is 27.9 Å². The predicted octanol–water partition coefficient (Wildman–Crippen LogP) is 5.00. The van der Waals surface area contributed by atoms with Crippen LogP contribution < -0.4 is 5.56 Å². The molecule has 0 spiro atoms. The smallest absolute Gasteiger partial charge is 0.281 e. The number of aromatic nitrogens is 5. The van der Waals surface area contributed by atoms with E-state index in [4.69, 9.17) is 23.2 Å². The third-order valence-corrected chi connectivity index (χ3v) is 5.83. The van der Waals surface area contributed by atoms with Gasteiger partial charge in [-0.3, -0.25) is 4.79 Å². The van der Waals surface area contributed by atoms with Gasteiger partial charge in [0.05, 0.1) is 16.1 Å². The quantitative estimate of drug-likeness (QED) is 0.437. The van der Waals surface area contributed by atoms with Crippen LogP contribution >= 0.6 is 23.2 Å². The van der Waals surface area contributed by atoms with Crippen LogP contribution in [0.3, 0.4) is 0 Å². The van der Waals surface area contributed by atoms with E-state index in [2.05, 4.69) is 51.5 Å². The summed E-state index contributed by atoms with van der Waals surface area (Å²) in [7, 11) is 0. The Morgan fingerprint density at radius 1 is 1.07 bits per heavy atom. The van der Waals surface area contributed by atoms with Crippen LogP contribution in [0.5, 0.6) is 0 Å². The van der Waals surface area contributed by atoms with Gasteiger partial charge in [0.15, 0.2) is 11.2 Å². The van der Waals surface area contributed by atoms with Crippen LogP contribution in [0.2, 0.25) is 10.0 Å². The molecule has 4 aromatic rings. The molecule has 2 aromatic carbocycles. The molecule has 2 heterocycles. The fourth-order valence-corrected chi connectivity index (χ4v) is 3.80. The summed E-state index contributed by atoms with van der Waals surface area (Å²) in [4.78, 5) is 19.9. The van der Waals surface area contributed by atoms with E-state index in [9.17, 15) is 4.79 Å². The lowest BCUT2D eigenvalue weighted by Gasteiger charge is -2.12. The Hall–Kier alpha value is -2.70. The highest BCUT2D eigenvalue weighted by molar-refractivity contribution is 6.42. The van der Waals surface area contributed by atoms with Crippen molar-refractivity contribution in [3.8, 4) is 0 Å². The van der Waals surface area contributed by atoms with E-state index in [-0.39, 0.29) is 17.1 Å². The first-order valence-corrected chi connectivity index (χ1v) is 10.6. The topological polar surface area (TPSA) is 76.5 Å². The Kier molecular flexibility index (Phi) is 6.16. The number of nitrogens with one attached hydrogen (secondary N) is 1. The molecule has 0 fully saturated rings. The van der Waals surface area contributed by atoms with E-state index in [1.807, 2.05) is 12.1 Å². The van der Waals surface area contributed by atoms with Gasteiger partial charge in [-0.25, -0.2) is 9.67 Å². The van der Waals surface area contributed by atoms with Gasteiger partial charge in [-0.15, -0.1) is 5.10 Å². The van der Waals surface area contributed by atoms with Gasteiger partial charge < -0.3 is 4.98 Å². The van der Waals surface area contributed by atoms with Crippen LogP contribution in [0.25, 0.3) is 11.2 Å². The molecule has 4 rings (SSSR count). The molecule has 0 amide bonds. The third kappa shape index (κ3) is 4.55. The molecule has 30 heavy (non-hydrogen) atoms. The number of rotatable bonds is 7. The second kappa shape index (κ2) is 8.98. The first-order valence-electron chi connectivity index (χ1n) is 9.83. The summed E-state index contributed by atoms with van der Waals surface area (Å²) in [5.74, 6) is 0.533. The zero-order valence-corrected chi connectivity index (χ0v) is 18.0. The summed E-state index contributed by atoms with van der Waals surface area (Å²) in [6.45, 7) is 2.07. The zero-order valence-electron chi connectivity index (χ0n) is 16.5. The van der Waals surface area contributed by atoms with Gasteiger partial charge in [-0.1, -0.05) is 64.8 Å². The minimum atomic E-state index is -0.294. The Morgan fingerprint density at radius 3 is 2.63 bits per heavy atom. The summed E-state index contributed by atoms with van der Waals surface area (Å²) in [6.07, 6.45) is 3.33. The van der Waals surface area contributed by atoms with Crippen molar-refractivity contribution in [3.63, 3.8) is 0 Å². The zero-order chi connectivity index (χ0) is 21.1. The predicted molar refractivity (Wildman–Crippen MR) is 119 cm³/mol. The molecule has 154 valence electrons. The monoisotopic (exact) mass is 441 g/mol. The number of hydrogen-bond donors (Lipinski definition) is 1. The lowest BCUT2D eigenvalue weighted by atomic mass is 10.1. The van der Waals surface area contributed by atoms with Crippen LogP contribution in [0.1, 0.15) is 42.8 Å². The van der Waals surface area contributed by atoms with E-state index in [1.54, 1.807) is 16.8 Å². The van der Waals surface area contributed by atoms with Crippen molar-refractivity contribution in [2.75, 3.05) is 0 Å². The lowest BCUT2D eigenvalue weighted by Crippen LogP contribution is -2.15. The molecular weight excluding hydrogens is 421 g/mol. The molecule has 1 unspecified atom stereocenters. The highest BCUT2D eigenvalue weighted by Crippen LogP contribution is 2.24. The van der Waals surface area contributed by atoms with Crippen molar-refractivity contribution in [1.29, 1.82) is 0 Å². The molecule has 0 aliphatic heterocycles. The first-order chi connectivity index (χ1) is 14.5. The van der Waals surface area contributed by atoms with Crippen molar-refractivity contribution in [3.05, 3.63) is 85.9 Å². The molecule has 0 bridgehead atoms. The summed E-state index contributed by atoms with van der Waals surface area (Å²) < 4.78 is 1.74. The second-order valence-corrected chi connectivity index (χ2v) is 8.19. The second-order valence-electron chi connectivity index (χ2n) is 7.37. The number of nitrogens with zero attached hydrogens (tertiary/aromatic N) is 4. The third-order valence-electron chi connectivity index (χ3n) is 5.09. The number of aromatic amines is 1. The molecule has 6 nitrogen and oxygen atoms in total. The Balaban J connectivity index is 1.53. The Morgan fingerprint density at radius 2 is 1.87 bits per heavy atom. The number of aryl methyl sites for hydroxylation is 1. The summed E-state index contributed by atoms with van der Waals surface area (Å²) in [5.41, 5.74) is 2.68. The van der Waals surface area contributed by atoms with Gasteiger partial charge in [-0.05, 0) is 49.4 Å². The molecule has 8 heteroatoms. The standard InChI is InChI=1S/C22H21Cl2N5O/c1-14(6-5-9-15-7-3-2-4-8-15)29-21-20(27-28-29)22(30)26-19(25-21)13-16-10-11-17(23)18(24)12-16/h2-4,7-8,10-12,14H,5-6,9,13H2,1H3,(H,25,26,30). The maximum Gasteiger partial charge on any atom is 0.281 e. The molecule has 0 saturated heterocycles. The lowest BCUT2D eigenvalue weighted by molar-refractivity contribution is 0.444. The van der Waals surface area contributed by atoms with Crippen LogP contribution in [-0.2, 0) is 12.8 Å². The van der Waals surface area contributed by atoms with Crippen LogP contribution in [0, 0.1) is 0 Å². The minimum Gasteiger partial charge on any atom is -0.308 e. The van der Waals surface area contributed by atoms with Crippen LogP contribution in [0.4, 0.5) is 0 Å². The first kappa shape index (κ1) is 20.6. The molecule has 1 atom stereocenters. The van der Waals surface area contributed by atoms with Gasteiger partial charge in [0.25, 0.3) is 5.56 Å². The average Bonchev–Trinajstić information content (AvgIpc) is 3.16. The van der Waals surface area contributed by atoms with E-state index in [0.717, 1.165) is 24.8 Å². The number of halogens is 2. The molecule has 2 aromatic heterocycles. The van der Waals surface area contributed by atoms with Gasteiger partial charge >= 0.3 is 0 Å². The van der Waals surface area contributed by atoms with Gasteiger partial charge in [0, 0.05) is 6.42 Å². The minimum absolute atomic E-state index is 0.0749. The summed E-state index contributed by atoms with van der Waals surface area (Å²) in [5, 5.41) is 9.21. The summed E-state index contributed by atoms with van der Waals surface area (Å²) >= 11 is 12.1. The van der Waals surface area contributed by atoms with Crippen molar-refractivity contribution in [2.24, 2.45) is 0 Å². The molecule has 0 saturated carbocycles. The van der Waals surface area contributed by atoms with Gasteiger partial charge in [-0.2, -0.15) is 0 Å². The Labute approximate surface area is 183 Å². The SMILES string of the molecule is CC(CCCc1ccccc1)n1nnc2c(=O)[nH]c(Cc3ccc(Cl)c(Cl)c3)nc21. The average molecular weight is 442 g/mol. The number of H-pyrrole nitrogens is 1. The van der Waals surface area contributed by atoms with E-state index >= 15 is 0 Å². The number of benzene rings is 2. The highest BCUT2D eigenvalue weighted by Gasteiger charge is 2.16. The van der Waals surface area contributed by atoms with E-state index in [1.165, 1.54) is 5.56 Å². The molecule has 0 radical (unpaired) electrons. The van der Waals surface area contributed by atoms with E-state index < -0.39 is 0 Å². The summed E-state index contributed by atoms with van der Waals surface area (Å²) in [6, 6.07) is 15.8. The number of fused-ring (bicyclic) bond motifs is 1. The fourth-order valence-electron chi connectivity index (χ4n) is 3.48. The molecule has 0 aliphatic rings. The Bertz CT molecular complexity index is 1220. The normalized spacial score (nSPS) is 12.4. The maximum absolute atomic E-state index is 12.5. The molecular formula is C22H21Cl2N5O. The molecule has 0 aliphatic carbocycles. The fraction of sp³-hybridized carbons (Fsp3) is 0.273. The van der Waals surface area contributed by atoms with Crippen molar-refractivity contribution in [2.45, 2.75) is 38.6 Å². The van der Waals surface area contributed by atoms with Crippen molar-refractivity contribution < 1.29 is 0 Å². The van der Waals surface area contributed by atoms with Crippen molar-refractivity contribution in [1.82, 2.24) is 25.0 Å². The van der Waals surface area contributed by atoms with Crippen LogP contribution in [0.15, 0.2) is 53.3 Å². The van der Waals surface area contributed by atoms with Crippen molar-refractivity contribution >= 4 is 34.4 Å². The van der Waals surface area contributed by atoms with Gasteiger partial charge in [0.1, 0.15) is 5.82 Å². The largest absolute Gasteiger partial charge is 0.308 e. The molecule has 1 N–H and O–H groups in total. The maximum atomic E-state index is 12.5. The number of hydrogen-bond acceptors (Lipinski definition) is 4. The van der Waals surface area contributed by atoms with Gasteiger partial charge in [0.2, 0.25) is 0 Å². The van der Waals surface area contributed by atoms with Crippen LogP contribution in [-0.4, -0.2) is 25.0 Å².